The van der Waals surface area contributed by atoms with Crippen molar-refractivity contribution in [2.45, 2.75) is 25.8 Å². The van der Waals surface area contributed by atoms with E-state index >= 15 is 0 Å². The van der Waals surface area contributed by atoms with Crippen molar-refractivity contribution in [2.24, 2.45) is 0 Å². The number of nitrogens with zero attached hydrogens (tertiary/aromatic N) is 1. The maximum atomic E-state index is 5.86. The van der Waals surface area contributed by atoms with Crippen LogP contribution in [0.5, 0.6) is 5.75 Å². The van der Waals surface area contributed by atoms with Gasteiger partial charge in [-0.05, 0) is 53.2 Å². The predicted octanol–water partition coefficient (Wildman–Crippen LogP) is 3.83. The molecule has 0 aliphatic rings. The molecule has 0 bridgehead atoms. The minimum atomic E-state index is 0.263. The maximum absolute atomic E-state index is 5.86. The lowest BCUT2D eigenvalue weighted by molar-refractivity contribution is 0.262. The van der Waals surface area contributed by atoms with Crippen LogP contribution in [-0.2, 0) is 6.42 Å². The van der Waals surface area contributed by atoms with Crippen LogP contribution in [0.3, 0.4) is 0 Å². The molecule has 21 heavy (non-hydrogen) atoms. The summed E-state index contributed by atoms with van der Waals surface area (Å²) in [6.07, 6.45) is 3.81. The van der Waals surface area contributed by atoms with Crippen molar-refractivity contribution < 1.29 is 4.74 Å². The summed E-state index contributed by atoms with van der Waals surface area (Å²) >= 11 is 3.41. The predicted molar refractivity (Wildman–Crippen MR) is 89.7 cm³/mol. The van der Waals surface area contributed by atoms with Crippen LogP contribution in [0.25, 0.3) is 0 Å². The Bertz CT molecular complexity index is 516. The van der Waals surface area contributed by atoms with Gasteiger partial charge in [-0.15, -0.1) is 0 Å². The molecule has 4 heteroatoms. The van der Waals surface area contributed by atoms with Crippen LogP contribution in [0, 0.1) is 0 Å². The number of para-hydroxylation sites is 1. The van der Waals surface area contributed by atoms with Crippen LogP contribution in [0.15, 0.2) is 53.1 Å². The van der Waals surface area contributed by atoms with Gasteiger partial charge >= 0.3 is 0 Å². The van der Waals surface area contributed by atoms with Crippen molar-refractivity contribution in [3.63, 3.8) is 0 Å². The highest BCUT2D eigenvalue weighted by atomic mass is 79.9. The van der Waals surface area contributed by atoms with E-state index in [4.69, 9.17) is 4.74 Å². The summed E-state index contributed by atoms with van der Waals surface area (Å²) in [6.45, 7) is 3.79. The number of rotatable bonds is 8. The molecule has 0 aliphatic heterocycles. The van der Waals surface area contributed by atoms with Gasteiger partial charge in [-0.1, -0.05) is 25.1 Å². The van der Waals surface area contributed by atoms with Crippen molar-refractivity contribution in [3.8, 4) is 5.75 Å². The van der Waals surface area contributed by atoms with E-state index < -0.39 is 0 Å². The molecule has 0 saturated heterocycles. The van der Waals surface area contributed by atoms with E-state index in [-0.39, 0.29) is 6.04 Å². The van der Waals surface area contributed by atoms with E-state index in [2.05, 4.69) is 33.2 Å². The van der Waals surface area contributed by atoms with Crippen LogP contribution >= 0.6 is 15.9 Å². The zero-order valence-corrected chi connectivity index (χ0v) is 13.8. The first kappa shape index (κ1) is 16.0. The van der Waals surface area contributed by atoms with Crippen LogP contribution in [0.4, 0.5) is 0 Å². The fourth-order valence-electron chi connectivity index (χ4n) is 2.03. The smallest absolute Gasteiger partial charge is 0.119 e. The Morgan fingerprint density at radius 3 is 2.67 bits per heavy atom. The third-order valence-electron chi connectivity index (χ3n) is 3.12. The number of ether oxygens (including phenoxy) is 1. The van der Waals surface area contributed by atoms with Crippen molar-refractivity contribution in [1.29, 1.82) is 0 Å². The number of hydrogen-bond acceptors (Lipinski definition) is 3. The Labute approximate surface area is 134 Å². The first-order chi connectivity index (χ1) is 10.3. The van der Waals surface area contributed by atoms with E-state index in [1.165, 1.54) is 0 Å². The van der Waals surface area contributed by atoms with E-state index in [0.717, 1.165) is 35.3 Å². The summed E-state index contributed by atoms with van der Waals surface area (Å²) in [5.41, 5.74) is 1.07. The van der Waals surface area contributed by atoms with Gasteiger partial charge in [0.05, 0.1) is 0 Å². The van der Waals surface area contributed by atoms with Crippen molar-refractivity contribution in [3.05, 3.63) is 58.8 Å². The second-order valence-electron chi connectivity index (χ2n) is 4.95. The van der Waals surface area contributed by atoms with E-state index in [1.54, 1.807) is 0 Å². The first-order valence-electron chi connectivity index (χ1n) is 7.29. The molecule has 1 N–H and O–H groups in total. The van der Waals surface area contributed by atoms with Gasteiger partial charge in [0.1, 0.15) is 12.4 Å². The average molecular weight is 349 g/mol. The molecular formula is C17H21BrN2O. The summed E-state index contributed by atoms with van der Waals surface area (Å²) in [4.78, 5) is 4.44. The fourth-order valence-corrected chi connectivity index (χ4v) is 2.27. The molecule has 112 valence electrons. The number of halogens is 1. The Balaban J connectivity index is 1.92. The summed E-state index contributed by atoms with van der Waals surface area (Å²) in [6, 6.07) is 14.3. The quantitative estimate of drug-likeness (QED) is 0.786. The molecule has 2 rings (SSSR count). The van der Waals surface area contributed by atoms with Gasteiger partial charge in [0.25, 0.3) is 0 Å². The standard InChI is InChI=1S/C17H21BrN2O/c1-2-10-19-16(11-15-9-8-14(18)12-20-15)13-21-17-6-4-3-5-7-17/h3-9,12,16,19H,2,10-11,13H2,1H3. The zero-order chi connectivity index (χ0) is 14.9. The Morgan fingerprint density at radius 1 is 1.19 bits per heavy atom. The zero-order valence-electron chi connectivity index (χ0n) is 12.3. The van der Waals surface area contributed by atoms with Crippen molar-refractivity contribution in [2.75, 3.05) is 13.2 Å². The van der Waals surface area contributed by atoms with E-state index in [9.17, 15) is 0 Å². The van der Waals surface area contributed by atoms with Gasteiger partial charge in [0.15, 0.2) is 0 Å². The Morgan fingerprint density at radius 2 is 2.00 bits per heavy atom. The molecule has 1 aromatic heterocycles. The number of pyridine rings is 1. The van der Waals surface area contributed by atoms with Gasteiger partial charge in [-0.25, -0.2) is 0 Å². The van der Waals surface area contributed by atoms with Gasteiger partial charge in [-0.3, -0.25) is 4.98 Å². The molecule has 0 radical (unpaired) electrons. The number of hydrogen-bond donors (Lipinski definition) is 1. The van der Waals surface area contributed by atoms with Crippen LogP contribution in [0.2, 0.25) is 0 Å². The average Bonchev–Trinajstić information content (AvgIpc) is 2.53. The van der Waals surface area contributed by atoms with E-state index in [0.29, 0.717) is 6.61 Å². The molecule has 1 unspecified atom stereocenters. The lowest BCUT2D eigenvalue weighted by Gasteiger charge is -2.19. The highest BCUT2D eigenvalue weighted by Crippen LogP contribution is 2.11. The molecule has 0 saturated carbocycles. The molecule has 0 fully saturated rings. The summed E-state index contributed by atoms with van der Waals surface area (Å²) in [5.74, 6) is 0.907. The summed E-state index contributed by atoms with van der Waals surface area (Å²) < 4.78 is 6.87. The van der Waals surface area contributed by atoms with Crippen molar-refractivity contribution in [1.82, 2.24) is 10.3 Å². The molecule has 0 spiro atoms. The second kappa shape index (κ2) is 8.80. The Hall–Kier alpha value is -1.39. The number of aromatic nitrogens is 1. The summed E-state index contributed by atoms with van der Waals surface area (Å²) in [5, 5.41) is 3.53. The topological polar surface area (TPSA) is 34.1 Å². The largest absolute Gasteiger partial charge is 0.492 e. The molecule has 3 nitrogen and oxygen atoms in total. The lowest BCUT2D eigenvalue weighted by Crippen LogP contribution is -2.37. The van der Waals surface area contributed by atoms with Crippen LogP contribution in [0.1, 0.15) is 19.0 Å². The normalized spacial score (nSPS) is 12.1. The van der Waals surface area contributed by atoms with Gasteiger partial charge in [0, 0.05) is 28.8 Å². The third kappa shape index (κ3) is 5.86. The van der Waals surface area contributed by atoms with Gasteiger partial charge in [-0.2, -0.15) is 0 Å². The highest BCUT2D eigenvalue weighted by molar-refractivity contribution is 9.10. The number of nitrogens with one attached hydrogen (secondary N) is 1. The fraction of sp³-hybridized carbons (Fsp3) is 0.353. The number of benzene rings is 1. The van der Waals surface area contributed by atoms with Gasteiger partial charge < -0.3 is 10.1 Å². The molecular weight excluding hydrogens is 328 g/mol. The molecule has 0 amide bonds. The SMILES string of the molecule is CCCNC(COc1ccccc1)Cc1ccc(Br)cn1. The molecule has 2 aromatic rings. The van der Waals surface area contributed by atoms with Crippen LogP contribution < -0.4 is 10.1 Å². The second-order valence-corrected chi connectivity index (χ2v) is 5.86. The minimum Gasteiger partial charge on any atom is -0.492 e. The minimum absolute atomic E-state index is 0.263. The van der Waals surface area contributed by atoms with Crippen LogP contribution in [-0.4, -0.2) is 24.2 Å². The lowest BCUT2D eigenvalue weighted by atomic mass is 10.1. The molecule has 0 aliphatic carbocycles. The van der Waals surface area contributed by atoms with Crippen molar-refractivity contribution >= 4 is 15.9 Å². The highest BCUT2D eigenvalue weighted by Gasteiger charge is 2.11. The molecule has 1 aromatic carbocycles. The summed E-state index contributed by atoms with van der Waals surface area (Å²) in [7, 11) is 0. The molecule has 1 heterocycles. The van der Waals surface area contributed by atoms with Gasteiger partial charge in [0.2, 0.25) is 0 Å². The first-order valence-corrected chi connectivity index (χ1v) is 8.09. The van der Waals surface area contributed by atoms with E-state index in [1.807, 2.05) is 48.7 Å². The Kier molecular flexibility index (Phi) is 6.70. The molecule has 1 atom stereocenters. The third-order valence-corrected chi connectivity index (χ3v) is 3.59. The maximum Gasteiger partial charge on any atom is 0.119 e. The monoisotopic (exact) mass is 348 g/mol.